The van der Waals surface area contributed by atoms with Crippen molar-refractivity contribution in [2.45, 2.75) is 37.8 Å². The highest BCUT2D eigenvalue weighted by atomic mass is 79.9. The van der Waals surface area contributed by atoms with Crippen molar-refractivity contribution in [3.05, 3.63) is 34.1 Å². The minimum atomic E-state index is -0.289. The van der Waals surface area contributed by atoms with E-state index in [0.717, 1.165) is 17.3 Å². The fourth-order valence-corrected chi connectivity index (χ4v) is 3.59. The predicted octanol–water partition coefficient (Wildman–Crippen LogP) is 2.84. The Labute approximate surface area is 114 Å². The monoisotopic (exact) mass is 311 g/mol. The minimum Gasteiger partial charge on any atom is -0.310 e. The third-order valence-corrected chi connectivity index (χ3v) is 4.58. The van der Waals surface area contributed by atoms with Crippen molar-refractivity contribution in [3.63, 3.8) is 0 Å². The third-order valence-electron chi connectivity index (χ3n) is 4.09. The SMILES string of the molecule is O=C(Cc1cc(Br)ccc1F)C1CC2CCC1N2. The van der Waals surface area contributed by atoms with Gasteiger partial charge in [0.2, 0.25) is 0 Å². The van der Waals surface area contributed by atoms with E-state index in [0.29, 0.717) is 17.6 Å². The van der Waals surface area contributed by atoms with Crippen molar-refractivity contribution in [1.29, 1.82) is 0 Å². The van der Waals surface area contributed by atoms with Crippen LogP contribution in [0.25, 0.3) is 0 Å². The summed E-state index contributed by atoms with van der Waals surface area (Å²) in [6.07, 6.45) is 3.40. The molecule has 3 unspecified atom stereocenters. The van der Waals surface area contributed by atoms with Gasteiger partial charge in [-0.25, -0.2) is 4.39 Å². The molecule has 0 saturated carbocycles. The molecule has 2 bridgehead atoms. The van der Waals surface area contributed by atoms with Crippen LogP contribution in [0, 0.1) is 11.7 Å². The number of halogens is 2. The smallest absolute Gasteiger partial charge is 0.142 e. The number of carbonyl (C=O) groups is 1. The highest BCUT2D eigenvalue weighted by Gasteiger charge is 2.42. The molecule has 0 spiro atoms. The van der Waals surface area contributed by atoms with Gasteiger partial charge in [0.1, 0.15) is 11.6 Å². The predicted molar refractivity (Wildman–Crippen MR) is 70.9 cm³/mol. The average Bonchev–Trinajstić information content (AvgIpc) is 2.96. The molecule has 3 atom stereocenters. The molecule has 18 heavy (non-hydrogen) atoms. The molecule has 1 aromatic rings. The maximum absolute atomic E-state index is 13.6. The number of hydrogen-bond acceptors (Lipinski definition) is 2. The molecule has 2 aliphatic rings. The Hall–Kier alpha value is -0.740. The van der Waals surface area contributed by atoms with E-state index >= 15 is 0 Å². The third kappa shape index (κ3) is 2.24. The number of Topliss-reactive ketones (excluding diaryl/α,β-unsaturated/α-hetero) is 1. The Morgan fingerprint density at radius 3 is 2.94 bits per heavy atom. The number of ketones is 1. The standard InChI is InChI=1S/C14H15BrFNO/c15-9-1-3-12(16)8(5-9)6-14(18)11-7-10-2-4-13(11)17-10/h1,3,5,10-11,13,17H,2,4,6-7H2. The van der Waals surface area contributed by atoms with Crippen LogP contribution in [0.4, 0.5) is 4.39 Å². The molecule has 0 aliphatic carbocycles. The van der Waals surface area contributed by atoms with Crippen LogP contribution in [-0.4, -0.2) is 17.9 Å². The molecule has 1 N–H and O–H groups in total. The fourth-order valence-electron chi connectivity index (χ4n) is 3.18. The van der Waals surface area contributed by atoms with Crippen molar-refractivity contribution in [2.24, 2.45) is 5.92 Å². The molecule has 1 aromatic carbocycles. The molecule has 96 valence electrons. The van der Waals surface area contributed by atoms with E-state index < -0.39 is 0 Å². The Morgan fingerprint density at radius 2 is 2.28 bits per heavy atom. The topological polar surface area (TPSA) is 29.1 Å². The van der Waals surface area contributed by atoms with E-state index in [4.69, 9.17) is 0 Å². The summed E-state index contributed by atoms with van der Waals surface area (Å²) in [5.41, 5.74) is 0.497. The number of rotatable bonds is 3. The molecule has 0 aromatic heterocycles. The molecule has 2 saturated heterocycles. The highest BCUT2D eigenvalue weighted by molar-refractivity contribution is 9.10. The van der Waals surface area contributed by atoms with Crippen molar-refractivity contribution in [3.8, 4) is 0 Å². The van der Waals surface area contributed by atoms with Crippen LogP contribution in [0.15, 0.2) is 22.7 Å². The summed E-state index contributed by atoms with van der Waals surface area (Å²) < 4.78 is 14.4. The van der Waals surface area contributed by atoms with Gasteiger partial charge in [-0.15, -0.1) is 0 Å². The molecular weight excluding hydrogens is 297 g/mol. The first kappa shape index (κ1) is 12.3. The molecule has 0 amide bonds. The lowest BCUT2D eigenvalue weighted by Crippen LogP contribution is -2.29. The summed E-state index contributed by atoms with van der Waals surface area (Å²) in [6, 6.07) is 5.61. The molecule has 2 aliphatic heterocycles. The van der Waals surface area contributed by atoms with Crippen molar-refractivity contribution < 1.29 is 9.18 Å². The van der Waals surface area contributed by atoms with E-state index in [2.05, 4.69) is 21.2 Å². The zero-order chi connectivity index (χ0) is 12.7. The first-order valence-corrected chi connectivity index (χ1v) is 7.15. The second-order valence-corrected chi connectivity index (χ2v) is 6.18. The molecule has 3 rings (SSSR count). The van der Waals surface area contributed by atoms with Crippen molar-refractivity contribution in [1.82, 2.24) is 5.32 Å². The molecule has 4 heteroatoms. The number of benzene rings is 1. The molecule has 2 fully saturated rings. The molecule has 0 radical (unpaired) electrons. The van der Waals surface area contributed by atoms with Gasteiger partial charge in [-0.2, -0.15) is 0 Å². The Bertz CT molecular complexity index is 491. The average molecular weight is 312 g/mol. The second kappa shape index (κ2) is 4.74. The van der Waals surface area contributed by atoms with Crippen LogP contribution in [0.3, 0.4) is 0 Å². The summed E-state index contributed by atoms with van der Waals surface area (Å²) in [7, 11) is 0. The highest BCUT2D eigenvalue weighted by Crippen LogP contribution is 2.34. The van der Waals surface area contributed by atoms with Gasteiger partial charge in [-0.05, 0) is 43.0 Å². The summed E-state index contributed by atoms with van der Waals surface area (Å²) in [6.45, 7) is 0. The quantitative estimate of drug-likeness (QED) is 0.930. The number of hydrogen-bond donors (Lipinski definition) is 1. The van der Waals surface area contributed by atoms with Crippen LogP contribution < -0.4 is 5.32 Å². The lowest BCUT2D eigenvalue weighted by Gasteiger charge is -2.18. The zero-order valence-electron chi connectivity index (χ0n) is 9.96. The van der Waals surface area contributed by atoms with Gasteiger partial charge in [0.15, 0.2) is 0 Å². The second-order valence-electron chi connectivity index (χ2n) is 5.27. The Balaban J connectivity index is 1.72. The lowest BCUT2D eigenvalue weighted by molar-refractivity contribution is -0.122. The van der Waals surface area contributed by atoms with Gasteiger partial charge >= 0.3 is 0 Å². The number of carbonyl (C=O) groups excluding carboxylic acids is 1. The van der Waals surface area contributed by atoms with Crippen LogP contribution in [-0.2, 0) is 11.2 Å². The van der Waals surface area contributed by atoms with Gasteiger partial charge in [-0.1, -0.05) is 15.9 Å². The van der Waals surface area contributed by atoms with E-state index in [-0.39, 0.29) is 23.9 Å². The van der Waals surface area contributed by atoms with Gasteiger partial charge in [-0.3, -0.25) is 4.79 Å². The zero-order valence-corrected chi connectivity index (χ0v) is 11.5. The van der Waals surface area contributed by atoms with Gasteiger partial charge in [0.05, 0.1) is 0 Å². The number of nitrogens with one attached hydrogen (secondary N) is 1. The van der Waals surface area contributed by atoms with E-state index in [1.54, 1.807) is 12.1 Å². The fraction of sp³-hybridized carbons (Fsp3) is 0.500. The molecule has 2 heterocycles. The minimum absolute atomic E-state index is 0.0853. The Morgan fingerprint density at radius 1 is 1.44 bits per heavy atom. The van der Waals surface area contributed by atoms with E-state index in [1.165, 1.54) is 12.5 Å². The Kier molecular flexibility index (Phi) is 3.24. The summed E-state index contributed by atoms with van der Waals surface area (Å²) in [5, 5.41) is 3.45. The van der Waals surface area contributed by atoms with Crippen LogP contribution >= 0.6 is 15.9 Å². The first-order chi connectivity index (χ1) is 8.63. The molecule has 2 nitrogen and oxygen atoms in total. The largest absolute Gasteiger partial charge is 0.310 e. The maximum Gasteiger partial charge on any atom is 0.142 e. The van der Waals surface area contributed by atoms with Gasteiger partial charge in [0, 0.05) is 28.9 Å². The summed E-state index contributed by atoms with van der Waals surface area (Å²) >= 11 is 3.31. The maximum atomic E-state index is 13.6. The summed E-state index contributed by atoms with van der Waals surface area (Å²) in [4.78, 5) is 12.2. The van der Waals surface area contributed by atoms with Gasteiger partial charge in [0.25, 0.3) is 0 Å². The van der Waals surface area contributed by atoms with Crippen molar-refractivity contribution in [2.75, 3.05) is 0 Å². The summed E-state index contributed by atoms with van der Waals surface area (Å²) in [5.74, 6) is -0.0310. The first-order valence-electron chi connectivity index (χ1n) is 6.36. The van der Waals surface area contributed by atoms with Crippen LogP contribution in [0.2, 0.25) is 0 Å². The van der Waals surface area contributed by atoms with E-state index in [1.807, 2.05) is 0 Å². The lowest BCUT2D eigenvalue weighted by atomic mass is 9.84. The normalized spacial score (nSPS) is 29.8. The van der Waals surface area contributed by atoms with Crippen molar-refractivity contribution >= 4 is 21.7 Å². The van der Waals surface area contributed by atoms with Crippen LogP contribution in [0.1, 0.15) is 24.8 Å². The van der Waals surface area contributed by atoms with Crippen LogP contribution in [0.5, 0.6) is 0 Å². The number of fused-ring (bicyclic) bond motifs is 2. The van der Waals surface area contributed by atoms with Gasteiger partial charge < -0.3 is 5.32 Å². The van der Waals surface area contributed by atoms with E-state index in [9.17, 15) is 9.18 Å². The molecular formula is C14H15BrFNO.